The van der Waals surface area contributed by atoms with Crippen molar-refractivity contribution in [1.29, 1.82) is 0 Å². The van der Waals surface area contributed by atoms with Gasteiger partial charge in [-0.15, -0.1) is 0 Å². The minimum absolute atomic E-state index is 0.139. The molecular formula is C18H21BrN2O. The maximum Gasteiger partial charge on any atom is 0.227 e. The summed E-state index contributed by atoms with van der Waals surface area (Å²) in [5, 5.41) is 0. The van der Waals surface area contributed by atoms with E-state index in [0.29, 0.717) is 26.1 Å². The van der Waals surface area contributed by atoms with Crippen LogP contribution in [-0.2, 0) is 17.8 Å². The van der Waals surface area contributed by atoms with E-state index in [9.17, 15) is 4.79 Å². The number of rotatable bonds is 7. The molecule has 0 saturated carbocycles. The third-order valence-corrected chi connectivity index (χ3v) is 4.00. The molecule has 22 heavy (non-hydrogen) atoms. The molecule has 0 spiro atoms. The fourth-order valence-corrected chi connectivity index (χ4v) is 2.53. The first-order chi connectivity index (χ1) is 10.7. The van der Waals surface area contributed by atoms with Crippen LogP contribution in [-0.4, -0.2) is 23.9 Å². The lowest BCUT2D eigenvalue weighted by Gasteiger charge is -2.23. The van der Waals surface area contributed by atoms with E-state index in [2.05, 4.69) is 15.9 Å². The molecule has 116 valence electrons. The van der Waals surface area contributed by atoms with E-state index >= 15 is 0 Å². The summed E-state index contributed by atoms with van der Waals surface area (Å²) in [7, 11) is 0. The summed E-state index contributed by atoms with van der Waals surface area (Å²) in [5.41, 5.74) is 7.77. The number of carbonyl (C=O) groups is 1. The molecule has 0 saturated heterocycles. The normalized spacial score (nSPS) is 10.5. The second-order valence-corrected chi connectivity index (χ2v) is 6.16. The zero-order valence-corrected chi connectivity index (χ0v) is 14.1. The lowest BCUT2D eigenvalue weighted by atomic mass is 10.1. The Morgan fingerprint density at radius 2 is 1.68 bits per heavy atom. The molecule has 0 aliphatic rings. The van der Waals surface area contributed by atoms with Crippen LogP contribution in [0.25, 0.3) is 0 Å². The molecular weight excluding hydrogens is 340 g/mol. The van der Waals surface area contributed by atoms with Crippen LogP contribution in [0.1, 0.15) is 17.5 Å². The summed E-state index contributed by atoms with van der Waals surface area (Å²) in [4.78, 5) is 14.5. The van der Waals surface area contributed by atoms with Gasteiger partial charge >= 0.3 is 0 Å². The van der Waals surface area contributed by atoms with Crippen molar-refractivity contribution < 1.29 is 4.79 Å². The van der Waals surface area contributed by atoms with E-state index in [1.165, 1.54) is 0 Å². The van der Waals surface area contributed by atoms with Crippen molar-refractivity contribution in [1.82, 2.24) is 4.90 Å². The van der Waals surface area contributed by atoms with Crippen LogP contribution >= 0.6 is 15.9 Å². The molecule has 0 atom stereocenters. The van der Waals surface area contributed by atoms with E-state index < -0.39 is 0 Å². The van der Waals surface area contributed by atoms with E-state index in [1.807, 2.05) is 59.5 Å². The molecule has 0 fully saturated rings. The average molecular weight is 361 g/mol. The lowest BCUT2D eigenvalue weighted by molar-refractivity contribution is -0.131. The fourth-order valence-electron chi connectivity index (χ4n) is 2.27. The molecule has 2 aromatic rings. The topological polar surface area (TPSA) is 46.3 Å². The first-order valence-corrected chi connectivity index (χ1v) is 8.24. The highest BCUT2D eigenvalue weighted by Crippen LogP contribution is 2.13. The highest BCUT2D eigenvalue weighted by molar-refractivity contribution is 9.10. The zero-order valence-electron chi connectivity index (χ0n) is 12.5. The monoisotopic (exact) mass is 360 g/mol. The molecule has 0 unspecified atom stereocenters. The molecule has 4 heteroatoms. The number of carbonyl (C=O) groups excluding carboxylic acids is 1. The fraction of sp³-hybridized carbons (Fsp3) is 0.278. The van der Waals surface area contributed by atoms with Crippen molar-refractivity contribution in [3.8, 4) is 0 Å². The van der Waals surface area contributed by atoms with Crippen molar-refractivity contribution in [2.45, 2.75) is 19.4 Å². The number of halogens is 1. The van der Waals surface area contributed by atoms with Gasteiger partial charge in [0, 0.05) is 17.6 Å². The molecule has 0 heterocycles. The third kappa shape index (κ3) is 5.28. The van der Waals surface area contributed by atoms with Crippen LogP contribution in [0.15, 0.2) is 59.1 Å². The highest BCUT2D eigenvalue weighted by Gasteiger charge is 2.14. The van der Waals surface area contributed by atoms with Gasteiger partial charge in [0.2, 0.25) is 5.91 Å². The summed E-state index contributed by atoms with van der Waals surface area (Å²) >= 11 is 3.41. The van der Waals surface area contributed by atoms with E-state index in [-0.39, 0.29) is 5.91 Å². The summed E-state index contributed by atoms with van der Waals surface area (Å²) in [6.45, 7) is 1.92. The Morgan fingerprint density at radius 1 is 1.00 bits per heavy atom. The zero-order chi connectivity index (χ0) is 15.8. The minimum Gasteiger partial charge on any atom is -0.338 e. The number of hydrogen-bond acceptors (Lipinski definition) is 2. The van der Waals surface area contributed by atoms with Crippen LogP contribution < -0.4 is 5.73 Å². The predicted molar refractivity (Wildman–Crippen MR) is 93.4 cm³/mol. The van der Waals surface area contributed by atoms with Crippen molar-refractivity contribution in [3.63, 3.8) is 0 Å². The Hall–Kier alpha value is -1.65. The predicted octanol–water partition coefficient (Wildman–Crippen LogP) is 3.37. The number of benzene rings is 2. The van der Waals surface area contributed by atoms with E-state index in [0.717, 1.165) is 22.0 Å². The molecule has 2 N–H and O–H groups in total. The number of nitrogens with two attached hydrogens (primary N) is 1. The molecule has 0 aromatic heterocycles. The molecule has 2 rings (SSSR count). The molecule has 1 amide bonds. The second kappa shape index (κ2) is 8.71. The Bertz CT molecular complexity index is 584. The maximum atomic E-state index is 12.6. The Morgan fingerprint density at radius 3 is 2.32 bits per heavy atom. The number of hydrogen-bond donors (Lipinski definition) is 1. The van der Waals surface area contributed by atoms with Gasteiger partial charge in [0.1, 0.15) is 0 Å². The molecule has 0 aliphatic heterocycles. The van der Waals surface area contributed by atoms with Crippen LogP contribution in [0.5, 0.6) is 0 Å². The van der Waals surface area contributed by atoms with Crippen molar-refractivity contribution >= 4 is 21.8 Å². The molecule has 0 bridgehead atoms. The first kappa shape index (κ1) is 16.7. The van der Waals surface area contributed by atoms with Gasteiger partial charge in [0.25, 0.3) is 0 Å². The van der Waals surface area contributed by atoms with Gasteiger partial charge in [-0.05, 0) is 36.2 Å². The van der Waals surface area contributed by atoms with Gasteiger partial charge in [-0.25, -0.2) is 0 Å². The van der Waals surface area contributed by atoms with Crippen LogP contribution in [0, 0.1) is 0 Å². The number of amides is 1. The molecule has 0 radical (unpaired) electrons. The van der Waals surface area contributed by atoms with E-state index in [1.54, 1.807) is 0 Å². The van der Waals surface area contributed by atoms with Crippen molar-refractivity contribution in [3.05, 3.63) is 70.2 Å². The van der Waals surface area contributed by atoms with Crippen LogP contribution in [0.4, 0.5) is 0 Å². The summed E-state index contributed by atoms with van der Waals surface area (Å²) < 4.78 is 1.02. The SMILES string of the molecule is NCCCN(Cc1ccccc1)C(=O)Cc1ccc(Br)cc1. The number of nitrogens with zero attached hydrogens (tertiary/aromatic N) is 1. The van der Waals surface area contributed by atoms with Gasteiger partial charge < -0.3 is 10.6 Å². The highest BCUT2D eigenvalue weighted by atomic mass is 79.9. The van der Waals surface area contributed by atoms with Gasteiger partial charge in [-0.1, -0.05) is 58.4 Å². The van der Waals surface area contributed by atoms with Crippen LogP contribution in [0.3, 0.4) is 0 Å². The molecule has 0 aliphatic carbocycles. The average Bonchev–Trinajstić information content (AvgIpc) is 2.54. The Labute approximate surface area is 140 Å². The Kier molecular flexibility index (Phi) is 6.62. The summed E-state index contributed by atoms with van der Waals surface area (Å²) in [5.74, 6) is 0.139. The molecule has 3 nitrogen and oxygen atoms in total. The van der Waals surface area contributed by atoms with Gasteiger partial charge in [-0.3, -0.25) is 4.79 Å². The Balaban J connectivity index is 2.03. The smallest absolute Gasteiger partial charge is 0.227 e. The first-order valence-electron chi connectivity index (χ1n) is 7.45. The third-order valence-electron chi connectivity index (χ3n) is 3.47. The minimum atomic E-state index is 0.139. The van der Waals surface area contributed by atoms with Crippen molar-refractivity contribution in [2.24, 2.45) is 5.73 Å². The standard InChI is InChI=1S/C18H21BrN2O/c19-17-9-7-15(8-10-17)13-18(22)21(12-4-11-20)14-16-5-2-1-3-6-16/h1-3,5-10H,4,11-14,20H2. The quantitative estimate of drug-likeness (QED) is 0.822. The largest absolute Gasteiger partial charge is 0.338 e. The maximum absolute atomic E-state index is 12.6. The van der Waals surface area contributed by atoms with Gasteiger partial charge in [0.05, 0.1) is 6.42 Å². The second-order valence-electron chi connectivity index (χ2n) is 5.25. The van der Waals surface area contributed by atoms with Crippen LogP contribution in [0.2, 0.25) is 0 Å². The summed E-state index contributed by atoms with van der Waals surface area (Å²) in [6.07, 6.45) is 1.24. The van der Waals surface area contributed by atoms with Crippen molar-refractivity contribution in [2.75, 3.05) is 13.1 Å². The summed E-state index contributed by atoms with van der Waals surface area (Å²) in [6, 6.07) is 17.9. The van der Waals surface area contributed by atoms with Gasteiger partial charge in [0.15, 0.2) is 0 Å². The lowest BCUT2D eigenvalue weighted by Crippen LogP contribution is -2.33. The molecule has 2 aromatic carbocycles. The van der Waals surface area contributed by atoms with Gasteiger partial charge in [-0.2, -0.15) is 0 Å². The van der Waals surface area contributed by atoms with E-state index in [4.69, 9.17) is 5.73 Å².